The fourth-order valence-electron chi connectivity index (χ4n) is 6.31. The van der Waals surface area contributed by atoms with Crippen molar-refractivity contribution < 1.29 is 4.79 Å². The van der Waals surface area contributed by atoms with Crippen LogP contribution in [0.15, 0.2) is 30.5 Å². The SMILES string of the molecule is O=C1NCCC12CCc1cnc(Nc3ccc(N4CCNCC4)cc3)nc1N2C1CCCCC1. The van der Waals surface area contributed by atoms with E-state index in [9.17, 15) is 4.79 Å². The number of hydrogen-bond acceptors (Lipinski definition) is 7. The number of nitrogens with zero attached hydrogens (tertiary/aromatic N) is 4. The average Bonchev–Trinajstić information content (AvgIpc) is 3.25. The van der Waals surface area contributed by atoms with Crippen molar-refractivity contribution in [1.82, 2.24) is 20.6 Å². The average molecular weight is 462 g/mol. The Morgan fingerprint density at radius 3 is 2.53 bits per heavy atom. The van der Waals surface area contributed by atoms with Crippen LogP contribution in [-0.2, 0) is 11.2 Å². The second kappa shape index (κ2) is 9.06. The highest BCUT2D eigenvalue weighted by Gasteiger charge is 2.52. The molecule has 180 valence electrons. The highest BCUT2D eigenvalue weighted by Crippen LogP contribution is 2.44. The van der Waals surface area contributed by atoms with Crippen LogP contribution in [0.5, 0.6) is 0 Å². The minimum absolute atomic E-state index is 0.181. The number of piperazine rings is 1. The van der Waals surface area contributed by atoms with Gasteiger partial charge in [-0.25, -0.2) is 4.98 Å². The van der Waals surface area contributed by atoms with Crippen LogP contribution in [0.3, 0.4) is 0 Å². The predicted octanol–water partition coefficient (Wildman–Crippen LogP) is 2.97. The van der Waals surface area contributed by atoms with Gasteiger partial charge in [-0.1, -0.05) is 19.3 Å². The van der Waals surface area contributed by atoms with Crippen molar-refractivity contribution in [2.75, 3.05) is 47.8 Å². The Morgan fingerprint density at radius 1 is 1.00 bits per heavy atom. The minimum Gasteiger partial charge on any atom is -0.369 e. The smallest absolute Gasteiger partial charge is 0.246 e. The van der Waals surface area contributed by atoms with Crippen molar-refractivity contribution in [3.8, 4) is 0 Å². The van der Waals surface area contributed by atoms with Gasteiger partial charge in [-0.2, -0.15) is 4.98 Å². The van der Waals surface area contributed by atoms with Crippen molar-refractivity contribution in [1.29, 1.82) is 0 Å². The first kappa shape index (κ1) is 21.6. The molecule has 8 heteroatoms. The first-order valence-electron chi connectivity index (χ1n) is 13.0. The predicted molar refractivity (Wildman–Crippen MR) is 135 cm³/mol. The van der Waals surface area contributed by atoms with Gasteiger partial charge in [0.15, 0.2) is 0 Å². The summed E-state index contributed by atoms with van der Waals surface area (Å²) in [5.41, 5.74) is 2.93. The molecule has 3 aliphatic heterocycles. The fraction of sp³-hybridized carbons (Fsp3) is 0.577. The van der Waals surface area contributed by atoms with Gasteiger partial charge in [-0.3, -0.25) is 4.79 Å². The number of aromatic nitrogens is 2. The summed E-state index contributed by atoms with van der Waals surface area (Å²) < 4.78 is 0. The molecule has 0 radical (unpaired) electrons. The zero-order chi connectivity index (χ0) is 23.0. The van der Waals surface area contributed by atoms with Gasteiger partial charge in [-0.05, 0) is 56.4 Å². The summed E-state index contributed by atoms with van der Waals surface area (Å²) in [4.78, 5) is 27.6. The lowest BCUT2D eigenvalue weighted by Gasteiger charge is -2.49. The number of rotatable bonds is 4. The minimum atomic E-state index is -0.453. The van der Waals surface area contributed by atoms with Crippen LogP contribution in [0.4, 0.5) is 23.1 Å². The van der Waals surface area contributed by atoms with Gasteiger partial charge in [0.05, 0.1) is 0 Å². The van der Waals surface area contributed by atoms with E-state index in [-0.39, 0.29) is 5.91 Å². The Hall–Kier alpha value is -2.87. The lowest BCUT2D eigenvalue weighted by atomic mass is 9.80. The molecule has 34 heavy (non-hydrogen) atoms. The second-order valence-electron chi connectivity index (χ2n) is 10.2. The molecule has 8 nitrogen and oxygen atoms in total. The fourth-order valence-corrected chi connectivity index (χ4v) is 6.31. The summed E-state index contributed by atoms with van der Waals surface area (Å²) in [7, 11) is 0. The number of carbonyl (C=O) groups excluding carboxylic acids is 1. The second-order valence-corrected chi connectivity index (χ2v) is 10.2. The molecule has 1 spiro atoms. The van der Waals surface area contributed by atoms with Crippen molar-refractivity contribution in [2.45, 2.75) is 62.9 Å². The van der Waals surface area contributed by atoms with Crippen molar-refractivity contribution in [3.05, 3.63) is 36.0 Å². The molecule has 1 atom stereocenters. The first-order valence-corrected chi connectivity index (χ1v) is 13.0. The van der Waals surface area contributed by atoms with Crippen molar-refractivity contribution in [3.63, 3.8) is 0 Å². The van der Waals surface area contributed by atoms with E-state index in [1.807, 2.05) is 6.20 Å². The Labute approximate surface area is 201 Å². The standard InChI is InChI=1S/C26H35N7O/c34-24-26(12-13-28-24)11-10-19-18-29-25(31-23(19)33(26)22-4-2-1-3-5-22)30-20-6-8-21(9-7-20)32-16-14-27-15-17-32/h6-9,18,22,27H,1-5,10-17H2,(H,28,34)(H,29,30,31). The molecular formula is C26H35N7O. The molecule has 3 N–H and O–H groups in total. The summed E-state index contributed by atoms with van der Waals surface area (Å²) >= 11 is 0. The summed E-state index contributed by atoms with van der Waals surface area (Å²) in [6.45, 7) is 4.88. The monoisotopic (exact) mass is 461 g/mol. The normalized spacial score (nSPS) is 25.4. The first-order chi connectivity index (χ1) is 16.7. The summed E-state index contributed by atoms with van der Waals surface area (Å²) in [5, 5.41) is 9.94. The maximum Gasteiger partial charge on any atom is 0.246 e. The highest BCUT2D eigenvalue weighted by atomic mass is 16.2. The molecule has 0 bridgehead atoms. The summed E-state index contributed by atoms with van der Waals surface area (Å²) in [6.07, 6.45) is 10.5. The van der Waals surface area contributed by atoms with Crippen molar-refractivity contribution in [2.24, 2.45) is 0 Å². The molecule has 1 saturated carbocycles. The molecular weight excluding hydrogens is 426 g/mol. The summed E-state index contributed by atoms with van der Waals surface area (Å²) in [5.74, 6) is 1.75. The number of amides is 1. The zero-order valence-electron chi connectivity index (χ0n) is 19.9. The van der Waals surface area contributed by atoms with Gasteiger partial charge in [0.2, 0.25) is 11.9 Å². The molecule has 1 unspecified atom stereocenters. The molecule has 1 aromatic carbocycles. The molecule has 4 heterocycles. The molecule has 1 aromatic heterocycles. The van der Waals surface area contributed by atoms with E-state index in [1.54, 1.807) is 0 Å². The van der Waals surface area contributed by atoms with Gasteiger partial charge in [0.25, 0.3) is 0 Å². The van der Waals surface area contributed by atoms with Crippen molar-refractivity contribution >= 4 is 29.0 Å². The maximum atomic E-state index is 13.1. The Morgan fingerprint density at radius 2 is 1.79 bits per heavy atom. The van der Waals surface area contributed by atoms with Crippen LogP contribution in [0, 0.1) is 0 Å². The van der Waals surface area contributed by atoms with E-state index in [1.165, 1.54) is 24.9 Å². The van der Waals surface area contributed by atoms with Crippen LogP contribution in [0.2, 0.25) is 0 Å². The van der Waals surface area contributed by atoms with Gasteiger partial charge in [0.1, 0.15) is 11.4 Å². The third-order valence-electron chi connectivity index (χ3n) is 8.13. The molecule has 1 amide bonds. The lowest BCUT2D eigenvalue weighted by Crippen LogP contribution is -2.61. The summed E-state index contributed by atoms with van der Waals surface area (Å²) in [6, 6.07) is 8.91. The molecule has 4 aliphatic rings. The number of aryl methyl sites for hydroxylation is 1. The van der Waals surface area contributed by atoms with Gasteiger partial charge >= 0.3 is 0 Å². The largest absolute Gasteiger partial charge is 0.369 e. The number of anilines is 4. The number of fused-ring (bicyclic) bond motifs is 1. The highest BCUT2D eigenvalue weighted by molar-refractivity contribution is 5.93. The lowest BCUT2D eigenvalue weighted by molar-refractivity contribution is -0.124. The number of benzene rings is 1. The van der Waals surface area contributed by atoms with Gasteiger partial charge in [-0.15, -0.1) is 0 Å². The quantitative estimate of drug-likeness (QED) is 0.645. The van der Waals surface area contributed by atoms with Crippen LogP contribution in [0.25, 0.3) is 0 Å². The van der Waals surface area contributed by atoms with E-state index in [2.05, 4.69) is 55.0 Å². The van der Waals surface area contributed by atoms with E-state index >= 15 is 0 Å². The van der Waals surface area contributed by atoms with E-state index < -0.39 is 5.54 Å². The van der Waals surface area contributed by atoms with Gasteiger partial charge < -0.3 is 25.8 Å². The Kier molecular flexibility index (Phi) is 5.77. The van der Waals surface area contributed by atoms with Crippen LogP contribution in [-0.4, -0.2) is 60.2 Å². The van der Waals surface area contributed by atoms with Crippen LogP contribution >= 0.6 is 0 Å². The maximum absolute atomic E-state index is 13.1. The molecule has 2 saturated heterocycles. The third kappa shape index (κ3) is 3.87. The zero-order valence-corrected chi connectivity index (χ0v) is 19.9. The number of nitrogens with one attached hydrogen (secondary N) is 3. The van der Waals surface area contributed by atoms with Crippen LogP contribution < -0.4 is 25.8 Å². The topological polar surface area (TPSA) is 85.4 Å². The van der Waals surface area contributed by atoms with Gasteiger partial charge in [0, 0.05) is 61.9 Å². The number of carbonyl (C=O) groups is 1. The van der Waals surface area contributed by atoms with Crippen LogP contribution in [0.1, 0.15) is 50.5 Å². The molecule has 3 fully saturated rings. The van der Waals surface area contributed by atoms with E-state index in [0.29, 0.717) is 12.0 Å². The molecule has 6 rings (SSSR count). The third-order valence-corrected chi connectivity index (χ3v) is 8.13. The molecule has 1 aliphatic carbocycles. The Bertz CT molecular complexity index is 1030. The Balaban J connectivity index is 1.28. The molecule has 2 aromatic rings. The van der Waals surface area contributed by atoms with E-state index in [0.717, 1.165) is 81.9 Å². The number of hydrogen-bond donors (Lipinski definition) is 3. The van der Waals surface area contributed by atoms with E-state index in [4.69, 9.17) is 4.98 Å².